The van der Waals surface area contributed by atoms with Gasteiger partial charge in [0.25, 0.3) is 11.8 Å². The van der Waals surface area contributed by atoms with Crippen molar-refractivity contribution in [2.24, 2.45) is 5.92 Å². The van der Waals surface area contributed by atoms with Gasteiger partial charge in [-0.05, 0) is 37.3 Å². The zero-order valence-corrected chi connectivity index (χ0v) is 14.7. The molecular weight excluding hydrogens is 316 g/mol. The molecular formula is C19H24N4O2. The predicted molar refractivity (Wildman–Crippen MR) is 96.7 cm³/mol. The molecule has 0 spiro atoms. The van der Waals surface area contributed by atoms with Crippen molar-refractivity contribution in [2.75, 3.05) is 11.9 Å². The number of para-hydroxylation sites is 1. The number of nitrogens with one attached hydrogen (secondary N) is 2. The number of carbonyl (C=O) groups excluding carboxylic acids is 2. The van der Waals surface area contributed by atoms with Crippen molar-refractivity contribution in [1.82, 2.24) is 14.9 Å². The number of hydrogen-bond donors (Lipinski definition) is 2. The lowest BCUT2D eigenvalue weighted by atomic mass is 10.1. The molecule has 2 heterocycles. The van der Waals surface area contributed by atoms with Crippen molar-refractivity contribution < 1.29 is 9.59 Å². The molecule has 0 saturated heterocycles. The third-order valence-electron chi connectivity index (χ3n) is 4.24. The van der Waals surface area contributed by atoms with E-state index in [1.165, 1.54) is 0 Å². The molecule has 6 nitrogen and oxygen atoms in total. The Balaban J connectivity index is 1.86. The number of nitrogens with zero attached hydrogens (tertiary/aromatic N) is 2. The molecule has 1 aliphatic heterocycles. The lowest BCUT2D eigenvalue weighted by Crippen LogP contribution is -2.29. The maximum atomic E-state index is 12.7. The van der Waals surface area contributed by atoms with Gasteiger partial charge in [-0.15, -0.1) is 0 Å². The van der Waals surface area contributed by atoms with Crippen molar-refractivity contribution in [3.8, 4) is 0 Å². The van der Waals surface area contributed by atoms with Gasteiger partial charge in [-0.2, -0.15) is 0 Å². The zero-order chi connectivity index (χ0) is 17.8. The monoisotopic (exact) mass is 340 g/mol. The highest BCUT2D eigenvalue weighted by Gasteiger charge is 2.27. The molecule has 0 saturated carbocycles. The molecule has 1 aliphatic rings. The maximum absolute atomic E-state index is 12.7. The Morgan fingerprint density at radius 1 is 1.16 bits per heavy atom. The Morgan fingerprint density at radius 3 is 2.64 bits per heavy atom. The first-order chi connectivity index (χ1) is 12.1. The van der Waals surface area contributed by atoms with E-state index in [9.17, 15) is 9.59 Å². The molecule has 0 radical (unpaired) electrons. The molecule has 2 aromatic rings. The van der Waals surface area contributed by atoms with Crippen LogP contribution in [-0.2, 0) is 13.0 Å². The maximum Gasteiger partial charge on any atom is 0.291 e. The first kappa shape index (κ1) is 17.2. The van der Waals surface area contributed by atoms with Crippen molar-refractivity contribution in [1.29, 1.82) is 0 Å². The van der Waals surface area contributed by atoms with Gasteiger partial charge in [-0.3, -0.25) is 9.59 Å². The molecule has 0 fully saturated rings. The number of imidazole rings is 1. The SMILES string of the molecule is CC(C)CNC(=O)c1nc(C(=O)Nc2ccccc2)n2c1CCCC2. The fourth-order valence-corrected chi connectivity index (χ4v) is 2.99. The Morgan fingerprint density at radius 2 is 1.92 bits per heavy atom. The van der Waals surface area contributed by atoms with Crippen LogP contribution in [0.15, 0.2) is 30.3 Å². The number of amides is 2. The van der Waals surface area contributed by atoms with Gasteiger partial charge in [-0.1, -0.05) is 32.0 Å². The quantitative estimate of drug-likeness (QED) is 0.879. The van der Waals surface area contributed by atoms with E-state index in [4.69, 9.17) is 0 Å². The number of hydrogen-bond acceptors (Lipinski definition) is 3. The van der Waals surface area contributed by atoms with E-state index in [2.05, 4.69) is 15.6 Å². The molecule has 1 aromatic heterocycles. The van der Waals surface area contributed by atoms with Crippen LogP contribution in [0.2, 0.25) is 0 Å². The predicted octanol–water partition coefficient (Wildman–Crippen LogP) is 2.86. The first-order valence-electron chi connectivity index (χ1n) is 8.80. The summed E-state index contributed by atoms with van der Waals surface area (Å²) in [6.07, 6.45) is 2.77. The minimum Gasteiger partial charge on any atom is -0.350 e. The van der Waals surface area contributed by atoms with Crippen LogP contribution in [0.25, 0.3) is 0 Å². The Bertz CT molecular complexity index is 765. The van der Waals surface area contributed by atoms with Crippen LogP contribution in [0.1, 0.15) is 53.5 Å². The second-order valence-electron chi connectivity index (χ2n) is 6.76. The fraction of sp³-hybridized carbons (Fsp3) is 0.421. The highest BCUT2D eigenvalue weighted by Crippen LogP contribution is 2.22. The fourth-order valence-electron chi connectivity index (χ4n) is 2.99. The van der Waals surface area contributed by atoms with Gasteiger partial charge in [0.2, 0.25) is 0 Å². The van der Waals surface area contributed by atoms with Crippen LogP contribution in [0.3, 0.4) is 0 Å². The van der Waals surface area contributed by atoms with Gasteiger partial charge in [0.15, 0.2) is 5.82 Å². The first-order valence-corrected chi connectivity index (χ1v) is 8.80. The summed E-state index contributed by atoms with van der Waals surface area (Å²) in [7, 11) is 0. The summed E-state index contributed by atoms with van der Waals surface area (Å²) in [6.45, 7) is 5.40. The molecule has 2 amide bonds. The molecule has 2 N–H and O–H groups in total. The number of anilines is 1. The number of aromatic nitrogens is 2. The van der Waals surface area contributed by atoms with Gasteiger partial charge in [0.1, 0.15) is 5.69 Å². The molecule has 1 aromatic carbocycles. The van der Waals surface area contributed by atoms with Crippen LogP contribution in [-0.4, -0.2) is 27.9 Å². The van der Waals surface area contributed by atoms with Gasteiger partial charge in [-0.25, -0.2) is 4.98 Å². The Kier molecular flexibility index (Phi) is 5.16. The summed E-state index contributed by atoms with van der Waals surface area (Å²) >= 11 is 0. The van der Waals surface area contributed by atoms with Gasteiger partial charge >= 0.3 is 0 Å². The van der Waals surface area contributed by atoms with E-state index < -0.39 is 0 Å². The van der Waals surface area contributed by atoms with Crippen LogP contribution in [0, 0.1) is 5.92 Å². The smallest absolute Gasteiger partial charge is 0.291 e. The standard InChI is InChI=1S/C19H24N4O2/c1-13(2)12-20-18(24)16-15-10-6-7-11-23(15)17(22-16)19(25)21-14-8-4-3-5-9-14/h3-5,8-9,13H,6-7,10-12H2,1-2H3,(H,20,24)(H,21,25). The Hall–Kier alpha value is -2.63. The average Bonchev–Trinajstić information content (AvgIpc) is 3.00. The molecule has 132 valence electrons. The lowest BCUT2D eigenvalue weighted by Gasteiger charge is -2.17. The van der Waals surface area contributed by atoms with Crippen LogP contribution in [0.5, 0.6) is 0 Å². The molecule has 0 aliphatic carbocycles. The summed E-state index contributed by atoms with van der Waals surface area (Å²) < 4.78 is 1.89. The Labute approximate surface area is 147 Å². The zero-order valence-electron chi connectivity index (χ0n) is 14.7. The van der Waals surface area contributed by atoms with Crippen molar-refractivity contribution in [3.63, 3.8) is 0 Å². The molecule has 0 bridgehead atoms. The minimum atomic E-state index is -0.280. The van der Waals surface area contributed by atoms with Gasteiger partial charge in [0, 0.05) is 18.8 Å². The van der Waals surface area contributed by atoms with Gasteiger partial charge < -0.3 is 15.2 Å². The van der Waals surface area contributed by atoms with E-state index in [0.717, 1.165) is 31.5 Å². The van der Waals surface area contributed by atoms with Crippen molar-refractivity contribution in [3.05, 3.63) is 47.5 Å². The third-order valence-corrected chi connectivity index (χ3v) is 4.24. The highest BCUT2D eigenvalue weighted by atomic mass is 16.2. The second kappa shape index (κ2) is 7.51. The molecule has 3 rings (SSSR count). The van der Waals surface area contributed by atoms with Crippen molar-refractivity contribution in [2.45, 2.75) is 39.7 Å². The van der Waals surface area contributed by atoms with E-state index in [0.29, 0.717) is 29.7 Å². The highest BCUT2D eigenvalue weighted by molar-refractivity contribution is 6.03. The third kappa shape index (κ3) is 3.90. The van der Waals surface area contributed by atoms with Crippen LogP contribution < -0.4 is 10.6 Å². The summed E-state index contributed by atoms with van der Waals surface area (Å²) in [5.41, 5.74) is 1.97. The molecule has 6 heteroatoms. The van der Waals surface area contributed by atoms with Gasteiger partial charge in [0.05, 0.1) is 5.69 Å². The molecule has 0 atom stereocenters. The average molecular weight is 340 g/mol. The summed E-state index contributed by atoms with van der Waals surface area (Å²) in [5, 5.41) is 5.76. The lowest BCUT2D eigenvalue weighted by molar-refractivity contribution is 0.0943. The van der Waals surface area contributed by atoms with E-state index in [1.807, 2.05) is 48.7 Å². The van der Waals surface area contributed by atoms with Crippen molar-refractivity contribution >= 4 is 17.5 Å². The molecule has 0 unspecified atom stereocenters. The topological polar surface area (TPSA) is 76.0 Å². The van der Waals surface area contributed by atoms with Crippen LogP contribution in [0.4, 0.5) is 5.69 Å². The largest absolute Gasteiger partial charge is 0.350 e. The van der Waals surface area contributed by atoms with E-state index in [-0.39, 0.29) is 11.8 Å². The number of fused-ring (bicyclic) bond motifs is 1. The number of rotatable bonds is 5. The normalized spacial score (nSPS) is 13.4. The summed E-state index contributed by atoms with van der Waals surface area (Å²) in [6, 6.07) is 9.27. The second-order valence-corrected chi connectivity index (χ2v) is 6.76. The van der Waals surface area contributed by atoms with Crippen LogP contribution >= 0.6 is 0 Å². The number of carbonyl (C=O) groups is 2. The summed E-state index contributed by atoms with van der Waals surface area (Å²) in [4.78, 5) is 29.6. The van der Waals surface area contributed by atoms with E-state index in [1.54, 1.807) is 0 Å². The number of benzene rings is 1. The summed E-state index contributed by atoms with van der Waals surface area (Å²) in [5.74, 6) is 0.201. The minimum absolute atomic E-state index is 0.196. The van der Waals surface area contributed by atoms with E-state index >= 15 is 0 Å². The molecule has 25 heavy (non-hydrogen) atoms.